The SMILES string of the molecule is CN(CC(C)(C)O)c1cc(F)c(F)cc1[N+](=O)[O-]. The van der Waals surface area contributed by atoms with Gasteiger partial charge in [0.15, 0.2) is 11.6 Å². The Morgan fingerprint density at radius 1 is 1.39 bits per heavy atom. The van der Waals surface area contributed by atoms with E-state index >= 15 is 0 Å². The summed E-state index contributed by atoms with van der Waals surface area (Å²) in [5.74, 6) is -2.44. The van der Waals surface area contributed by atoms with Crippen molar-refractivity contribution in [2.24, 2.45) is 0 Å². The Bertz CT molecular complexity index is 472. The van der Waals surface area contributed by atoms with Crippen molar-refractivity contribution < 1.29 is 18.8 Å². The minimum atomic E-state index is -1.28. The van der Waals surface area contributed by atoms with Gasteiger partial charge in [0.05, 0.1) is 16.6 Å². The zero-order chi connectivity index (χ0) is 14.1. The molecule has 0 heterocycles. The van der Waals surface area contributed by atoms with Gasteiger partial charge in [0.1, 0.15) is 5.69 Å². The monoisotopic (exact) mass is 260 g/mol. The standard InChI is InChI=1S/C11H14F2N2O3/c1-11(2,16)6-14(3)9-4-7(12)8(13)5-10(9)15(17)18/h4-5,16H,6H2,1-3H3. The second kappa shape index (κ2) is 4.85. The molecule has 0 radical (unpaired) electrons. The smallest absolute Gasteiger partial charge is 0.295 e. The predicted octanol–water partition coefficient (Wildman–Crippen LogP) is 2.08. The van der Waals surface area contributed by atoms with Crippen LogP contribution in [-0.4, -0.2) is 29.2 Å². The zero-order valence-electron chi connectivity index (χ0n) is 10.3. The van der Waals surface area contributed by atoms with E-state index in [-0.39, 0.29) is 12.2 Å². The van der Waals surface area contributed by atoms with Gasteiger partial charge >= 0.3 is 0 Å². The first kappa shape index (κ1) is 14.3. The number of anilines is 1. The van der Waals surface area contributed by atoms with Crippen molar-refractivity contribution in [2.45, 2.75) is 19.4 Å². The molecule has 0 fully saturated rings. The van der Waals surface area contributed by atoms with Crippen molar-refractivity contribution in [3.8, 4) is 0 Å². The number of hydrogen-bond donors (Lipinski definition) is 1. The maximum atomic E-state index is 13.1. The summed E-state index contributed by atoms with van der Waals surface area (Å²) >= 11 is 0. The Hall–Kier alpha value is -1.76. The van der Waals surface area contributed by atoms with Crippen molar-refractivity contribution in [3.05, 3.63) is 33.9 Å². The van der Waals surface area contributed by atoms with E-state index in [9.17, 15) is 24.0 Å². The van der Waals surface area contributed by atoms with Crippen LogP contribution in [0.3, 0.4) is 0 Å². The van der Waals surface area contributed by atoms with Crippen molar-refractivity contribution >= 4 is 11.4 Å². The molecule has 5 nitrogen and oxygen atoms in total. The summed E-state index contributed by atoms with van der Waals surface area (Å²) in [4.78, 5) is 11.3. The highest BCUT2D eigenvalue weighted by Gasteiger charge is 2.24. The van der Waals surface area contributed by atoms with E-state index in [4.69, 9.17) is 0 Å². The summed E-state index contributed by atoms with van der Waals surface area (Å²) in [5, 5.41) is 20.4. The van der Waals surface area contributed by atoms with Gasteiger partial charge in [-0.05, 0) is 13.8 Å². The van der Waals surface area contributed by atoms with Crippen LogP contribution in [0.25, 0.3) is 0 Å². The van der Waals surface area contributed by atoms with Crippen LogP contribution < -0.4 is 4.90 Å². The van der Waals surface area contributed by atoms with Crippen LogP contribution in [0.5, 0.6) is 0 Å². The first-order chi connectivity index (χ1) is 8.11. The second-order valence-electron chi connectivity index (χ2n) is 4.68. The van der Waals surface area contributed by atoms with Gasteiger partial charge in [-0.25, -0.2) is 8.78 Å². The number of nitro benzene ring substituents is 1. The van der Waals surface area contributed by atoms with Gasteiger partial charge in [-0.3, -0.25) is 10.1 Å². The lowest BCUT2D eigenvalue weighted by Crippen LogP contribution is -2.36. The second-order valence-corrected chi connectivity index (χ2v) is 4.68. The molecule has 0 aliphatic rings. The molecular weight excluding hydrogens is 246 g/mol. The van der Waals surface area contributed by atoms with Gasteiger partial charge in [-0.15, -0.1) is 0 Å². The number of benzene rings is 1. The molecule has 0 aromatic heterocycles. The lowest BCUT2D eigenvalue weighted by Gasteiger charge is -2.26. The van der Waals surface area contributed by atoms with Crippen molar-refractivity contribution in [1.82, 2.24) is 0 Å². The summed E-state index contributed by atoms with van der Waals surface area (Å²) in [6.07, 6.45) is 0. The Morgan fingerprint density at radius 2 is 1.89 bits per heavy atom. The molecule has 0 spiro atoms. The normalized spacial score (nSPS) is 11.4. The molecule has 100 valence electrons. The number of halogens is 2. The average Bonchev–Trinajstić information content (AvgIpc) is 2.18. The zero-order valence-corrected chi connectivity index (χ0v) is 10.3. The van der Waals surface area contributed by atoms with Crippen molar-refractivity contribution in [2.75, 3.05) is 18.5 Å². The third-order valence-corrected chi connectivity index (χ3v) is 2.25. The number of nitro groups is 1. The quantitative estimate of drug-likeness (QED) is 0.665. The lowest BCUT2D eigenvalue weighted by atomic mass is 10.1. The molecule has 0 amide bonds. The molecule has 0 saturated heterocycles. The Balaban J connectivity index is 3.22. The molecule has 0 aliphatic carbocycles. The number of likely N-dealkylation sites (N-methyl/N-ethyl adjacent to an activating group) is 1. The molecule has 1 aromatic carbocycles. The first-order valence-electron chi connectivity index (χ1n) is 5.19. The number of aliphatic hydroxyl groups is 1. The fourth-order valence-electron chi connectivity index (χ4n) is 1.64. The third-order valence-electron chi connectivity index (χ3n) is 2.25. The Kier molecular flexibility index (Phi) is 3.85. The molecule has 0 saturated carbocycles. The number of rotatable bonds is 4. The van der Waals surface area contributed by atoms with E-state index in [2.05, 4.69) is 0 Å². The largest absolute Gasteiger partial charge is 0.389 e. The minimum absolute atomic E-state index is 0.0406. The van der Waals surface area contributed by atoms with Crippen LogP contribution in [0.2, 0.25) is 0 Å². The van der Waals surface area contributed by atoms with Crippen molar-refractivity contribution in [3.63, 3.8) is 0 Å². The summed E-state index contributed by atoms with van der Waals surface area (Å²) < 4.78 is 26.1. The molecule has 1 N–H and O–H groups in total. The van der Waals surface area contributed by atoms with Gasteiger partial charge in [0.25, 0.3) is 5.69 Å². The van der Waals surface area contributed by atoms with Gasteiger partial charge in [-0.1, -0.05) is 0 Å². The molecule has 0 atom stereocenters. The summed E-state index contributed by atoms with van der Waals surface area (Å²) in [7, 11) is 1.46. The Labute approximate surface area is 103 Å². The van der Waals surface area contributed by atoms with E-state index in [1.807, 2.05) is 0 Å². The molecule has 0 aliphatic heterocycles. The molecule has 7 heteroatoms. The van der Waals surface area contributed by atoms with Gasteiger partial charge in [0.2, 0.25) is 0 Å². The van der Waals surface area contributed by atoms with Gasteiger partial charge < -0.3 is 10.0 Å². The van der Waals surface area contributed by atoms with Crippen molar-refractivity contribution in [1.29, 1.82) is 0 Å². The summed E-state index contributed by atoms with van der Waals surface area (Å²) in [6.45, 7) is 3.06. The third kappa shape index (κ3) is 3.36. The van der Waals surface area contributed by atoms with Crippen LogP contribution in [0, 0.1) is 21.7 Å². The minimum Gasteiger partial charge on any atom is -0.389 e. The molecule has 1 rings (SSSR count). The topological polar surface area (TPSA) is 66.6 Å². The maximum Gasteiger partial charge on any atom is 0.295 e. The van der Waals surface area contributed by atoms with Crippen LogP contribution in [0.1, 0.15) is 13.8 Å². The average molecular weight is 260 g/mol. The van der Waals surface area contributed by atoms with E-state index in [1.165, 1.54) is 25.8 Å². The van der Waals surface area contributed by atoms with Crippen LogP contribution >= 0.6 is 0 Å². The number of hydrogen-bond acceptors (Lipinski definition) is 4. The van der Waals surface area contributed by atoms with Crippen LogP contribution in [-0.2, 0) is 0 Å². The van der Waals surface area contributed by atoms with E-state index < -0.39 is 27.8 Å². The molecule has 1 aromatic rings. The van der Waals surface area contributed by atoms with E-state index in [0.717, 1.165) is 6.07 Å². The van der Waals surface area contributed by atoms with Gasteiger partial charge in [0, 0.05) is 19.7 Å². The summed E-state index contributed by atoms with van der Waals surface area (Å²) in [5.41, 5.74) is -1.74. The van der Waals surface area contributed by atoms with E-state index in [0.29, 0.717) is 6.07 Å². The van der Waals surface area contributed by atoms with Crippen LogP contribution in [0.4, 0.5) is 20.2 Å². The maximum absolute atomic E-state index is 13.1. The highest BCUT2D eigenvalue weighted by Crippen LogP contribution is 2.30. The fraction of sp³-hybridized carbons (Fsp3) is 0.455. The Morgan fingerprint density at radius 3 is 2.33 bits per heavy atom. The predicted molar refractivity (Wildman–Crippen MR) is 62.6 cm³/mol. The molecular formula is C11H14F2N2O3. The fourth-order valence-corrected chi connectivity index (χ4v) is 1.64. The highest BCUT2D eigenvalue weighted by molar-refractivity contribution is 5.63. The van der Waals surface area contributed by atoms with Crippen LogP contribution in [0.15, 0.2) is 12.1 Å². The molecule has 0 unspecified atom stereocenters. The summed E-state index contributed by atoms with van der Waals surface area (Å²) in [6, 6.07) is 1.28. The van der Waals surface area contributed by atoms with E-state index in [1.54, 1.807) is 0 Å². The van der Waals surface area contributed by atoms with Gasteiger partial charge in [-0.2, -0.15) is 0 Å². The molecule has 18 heavy (non-hydrogen) atoms. The highest BCUT2D eigenvalue weighted by atomic mass is 19.2. The molecule has 0 bridgehead atoms. The lowest BCUT2D eigenvalue weighted by molar-refractivity contribution is -0.384. The number of nitrogens with zero attached hydrogens (tertiary/aromatic N) is 2. The first-order valence-corrected chi connectivity index (χ1v) is 5.19.